The van der Waals surface area contributed by atoms with Crippen LogP contribution in [0.4, 0.5) is 22.4 Å². The molecule has 0 fully saturated rings. The van der Waals surface area contributed by atoms with E-state index in [-0.39, 0.29) is 11.8 Å². The molecule has 226 valence electrons. The van der Waals surface area contributed by atoms with Crippen molar-refractivity contribution in [3.8, 4) is 17.8 Å². The summed E-state index contributed by atoms with van der Waals surface area (Å²) in [5.41, 5.74) is 4.47. The number of nitrogens with one attached hydrogen (secondary N) is 1. The van der Waals surface area contributed by atoms with Gasteiger partial charge in [0.25, 0.3) is 0 Å². The Labute approximate surface area is 247 Å². The van der Waals surface area contributed by atoms with Crippen molar-refractivity contribution in [2.45, 2.75) is 78.6 Å². The van der Waals surface area contributed by atoms with Gasteiger partial charge in [-0.3, -0.25) is 0 Å². The number of amides is 1. The van der Waals surface area contributed by atoms with Gasteiger partial charge in [-0.15, -0.1) is 21.8 Å². The summed E-state index contributed by atoms with van der Waals surface area (Å²) in [6, 6.07) is 10.8. The van der Waals surface area contributed by atoms with E-state index in [2.05, 4.69) is 70.9 Å². The van der Waals surface area contributed by atoms with E-state index < -0.39 is 36.0 Å². The third-order valence-corrected chi connectivity index (χ3v) is 3.77. The lowest BCUT2D eigenvalue weighted by Crippen LogP contribution is -2.41. The molecule has 0 unspecified atom stereocenters. The summed E-state index contributed by atoms with van der Waals surface area (Å²) in [7, 11) is 1.23. The van der Waals surface area contributed by atoms with Gasteiger partial charge in [-0.1, -0.05) is 31.8 Å². The van der Waals surface area contributed by atoms with Crippen LogP contribution < -0.4 is 20.5 Å². The minimum Gasteiger partial charge on any atom is -0.453 e. The number of methoxy groups -OCH3 is 1. The zero-order chi connectivity index (χ0) is 31.7. The molecule has 0 aromatic carbocycles. The fourth-order valence-electron chi connectivity index (χ4n) is 2.22. The number of hydrogen-bond acceptors (Lipinski definition) is 8. The molecule has 0 saturated heterocycles. The predicted octanol–water partition coefficient (Wildman–Crippen LogP) is 6.94. The van der Waals surface area contributed by atoms with Crippen molar-refractivity contribution in [2.75, 3.05) is 7.11 Å². The van der Waals surface area contributed by atoms with Gasteiger partial charge in [0, 0.05) is 19.1 Å². The maximum Gasteiger partial charge on any atom is 0.407 e. The molecule has 15 heteroatoms. The minimum atomic E-state index is -2.94. The van der Waals surface area contributed by atoms with Gasteiger partial charge < -0.3 is 25.3 Å². The molecule has 2 rings (SSSR count). The Morgan fingerprint density at radius 1 is 0.975 bits per heavy atom. The van der Waals surface area contributed by atoms with Crippen LogP contribution in [0.15, 0.2) is 36.4 Å². The Hall–Kier alpha value is -2.71. The van der Waals surface area contributed by atoms with Crippen molar-refractivity contribution < 1.29 is 36.6 Å². The zero-order valence-corrected chi connectivity index (χ0v) is 27.2. The van der Waals surface area contributed by atoms with Gasteiger partial charge in [0.1, 0.15) is 5.57 Å². The largest absolute Gasteiger partial charge is 0.453 e. The Kier molecular flexibility index (Phi) is 18.3. The summed E-state index contributed by atoms with van der Waals surface area (Å²) >= 11 is 2.52. The van der Waals surface area contributed by atoms with E-state index in [0.717, 1.165) is 0 Å². The van der Waals surface area contributed by atoms with Crippen molar-refractivity contribution in [1.29, 1.82) is 5.26 Å². The first kappa shape index (κ1) is 39.4. The molecule has 0 atom stereocenters. The van der Waals surface area contributed by atoms with Crippen molar-refractivity contribution in [1.82, 2.24) is 15.3 Å². The summed E-state index contributed by atoms with van der Waals surface area (Å²) in [5.74, 6) is -0.321. The standard InChI is InChI=1S/C11H14F2N2O3.C9H12F2N2O.C3H9ISi.C2H3N/c1-11(2,15-10(16)17-3)7-5-4-6-8(14-7)18-9(12)13;1-9(2,12)6-4-3-5-7(13-6)14-8(10)11;1-5(2,3)4;1-2-3/h4-6,9H,1-3H3,(H,15,16);3-5,8H,12H2,1-2H3;1-3H3;1H3. The first-order chi connectivity index (χ1) is 18.2. The second-order valence-electron chi connectivity index (χ2n) is 9.73. The molecule has 0 aliphatic rings. The van der Waals surface area contributed by atoms with E-state index in [9.17, 15) is 22.4 Å². The van der Waals surface area contributed by atoms with Gasteiger partial charge >= 0.3 is 19.3 Å². The average Bonchev–Trinajstić information content (AvgIpc) is 2.77. The summed E-state index contributed by atoms with van der Waals surface area (Å²) < 4.78 is 60.6. The lowest BCUT2D eigenvalue weighted by Gasteiger charge is -2.25. The highest BCUT2D eigenvalue weighted by molar-refractivity contribution is 14.1. The van der Waals surface area contributed by atoms with E-state index in [0.29, 0.717) is 11.4 Å². The van der Waals surface area contributed by atoms with Crippen LogP contribution in [0.3, 0.4) is 0 Å². The number of ether oxygens (including phenoxy) is 3. The highest BCUT2D eigenvalue weighted by atomic mass is 127. The number of nitriles is 1. The molecule has 40 heavy (non-hydrogen) atoms. The maximum atomic E-state index is 12.1. The number of alkyl carbamates (subject to hydrolysis) is 1. The van der Waals surface area contributed by atoms with Crippen LogP contribution >= 0.6 is 21.8 Å². The Morgan fingerprint density at radius 3 is 1.65 bits per heavy atom. The molecule has 0 aliphatic carbocycles. The summed E-state index contributed by atoms with van der Waals surface area (Å²) in [4.78, 5) is 18.9. The molecular formula is C25H38F4IN5O4Si. The first-order valence-electron chi connectivity index (χ1n) is 11.7. The molecule has 0 spiro atoms. The molecule has 0 radical (unpaired) electrons. The van der Waals surface area contributed by atoms with Crippen molar-refractivity contribution in [3.05, 3.63) is 47.8 Å². The van der Waals surface area contributed by atoms with Gasteiger partial charge in [-0.05, 0) is 39.8 Å². The molecule has 0 aliphatic heterocycles. The monoisotopic (exact) mass is 703 g/mol. The Morgan fingerprint density at radius 2 is 1.32 bits per heavy atom. The van der Waals surface area contributed by atoms with Gasteiger partial charge in [0.2, 0.25) is 11.8 Å². The molecule has 2 aromatic rings. The molecule has 2 heterocycles. The summed E-state index contributed by atoms with van der Waals surface area (Å²) in [6.45, 7) is 9.37. The molecule has 0 saturated carbocycles. The molecule has 2 aromatic heterocycles. The fraction of sp³-hybridized carbons (Fsp3) is 0.520. The predicted molar refractivity (Wildman–Crippen MR) is 156 cm³/mol. The van der Waals surface area contributed by atoms with E-state index in [1.807, 2.05) is 0 Å². The SMILES string of the molecule is CC#N.CC(C)(N)c1cccc(OC(F)F)n1.COC(=O)NC(C)(C)c1cccc(OC(F)F)n1.C[Si](C)(C)I. The molecule has 3 N–H and O–H groups in total. The topological polar surface area (TPSA) is 132 Å². The fourth-order valence-corrected chi connectivity index (χ4v) is 2.22. The lowest BCUT2D eigenvalue weighted by atomic mass is 10.0. The number of aromatic nitrogens is 2. The smallest absolute Gasteiger partial charge is 0.407 e. The lowest BCUT2D eigenvalue weighted by molar-refractivity contribution is -0.0537. The van der Waals surface area contributed by atoms with Crippen LogP contribution in [0.2, 0.25) is 19.6 Å². The number of alkyl halides is 4. The number of nitrogens with two attached hydrogens (primary N) is 1. The zero-order valence-electron chi connectivity index (χ0n) is 24.1. The summed E-state index contributed by atoms with van der Waals surface area (Å²) in [5, 5.41) is 9.86. The average molecular weight is 704 g/mol. The summed E-state index contributed by atoms with van der Waals surface area (Å²) in [6.07, 6.45) is -0.637. The van der Waals surface area contributed by atoms with E-state index in [1.165, 1.54) is 32.2 Å². The van der Waals surface area contributed by atoms with Crippen molar-refractivity contribution in [2.24, 2.45) is 5.73 Å². The Balaban J connectivity index is 0. The van der Waals surface area contributed by atoms with Crippen LogP contribution in [-0.2, 0) is 15.8 Å². The highest BCUT2D eigenvalue weighted by Crippen LogP contribution is 2.21. The normalized spacial score (nSPS) is 10.9. The van der Waals surface area contributed by atoms with Gasteiger partial charge in [0.05, 0.1) is 35.6 Å². The molecule has 9 nitrogen and oxygen atoms in total. The van der Waals surface area contributed by atoms with E-state index >= 15 is 0 Å². The van der Waals surface area contributed by atoms with Crippen LogP contribution in [0.1, 0.15) is 46.0 Å². The highest BCUT2D eigenvalue weighted by Gasteiger charge is 2.25. The number of pyridine rings is 2. The number of rotatable bonds is 7. The van der Waals surface area contributed by atoms with E-state index in [4.69, 9.17) is 11.0 Å². The van der Waals surface area contributed by atoms with Crippen LogP contribution in [0, 0.1) is 11.3 Å². The second-order valence-corrected chi connectivity index (χ2v) is 23.6. The van der Waals surface area contributed by atoms with Gasteiger partial charge in [0.15, 0.2) is 0 Å². The van der Waals surface area contributed by atoms with Crippen LogP contribution in [-0.4, -0.2) is 42.0 Å². The third kappa shape index (κ3) is 21.2. The number of hydrogen-bond donors (Lipinski definition) is 2. The molecule has 1 amide bonds. The maximum absolute atomic E-state index is 12.1. The van der Waals surface area contributed by atoms with Gasteiger partial charge in [-0.25, -0.2) is 14.8 Å². The number of carbonyl (C=O) groups excluding carboxylic acids is 1. The molecule has 0 bridgehead atoms. The van der Waals surface area contributed by atoms with E-state index in [1.54, 1.807) is 52.0 Å². The van der Waals surface area contributed by atoms with Crippen LogP contribution in [0.25, 0.3) is 0 Å². The van der Waals surface area contributed by atoms with Crippen molar-refractivity contribution >= 4 is 33.5 Å². The molecular weight excluding hydrogens is 665 g/mol. The van der Waals surface area contributed by atoms with Crippen molar-refractivity contribution in [3.63, 3.8) is 0 Å². The minimum absolute atomic E-state index is 0.115. The van der Waals surface area contributed by atoms with Crippen LogP contribution in [0.5, 0.6) is 11.8 Å². The second kappa shape index (κ2) is 18.6. The third-order valence-electron chi connectivity index (χ3n) is 3.77. The number of carbonyl (C=O) groups is 1. The van der Waals surface area contributed by atoms with Gasteiger partial charge in [-0.2, -0.15) is 22.8 Å². The first-order valence-corrected chi connectivity index (χ1v) is 18.3. The number of nitrogens with zero attached hydrogens (tertiary/aromatic N) is 3. The number of halogens is 5. The Bertz CT molecular complexity index is 1060. The quantitative estimate of drug-likeness (QED) is 0.137.